The number of carboxylic acids is 1. The van der Waals surface area contributed by atoms with E-state index in [0.29, 0.717) is 10.6 Å². The zero-order chi connectivity index (χ0) is 15.6. The Labute approximate surface area is 127 Å². The molecule has 2 aromatic carbocycles. The standard InChI is InChI=1S/C16H14ClNO3/c1-9-4-6-14(12(7-9)16(20)21)18-15(19)11-5-3-10(2)8-13(11)17/h3-8H,1-2H3,(H,18,19)(H,20,21). The van der Waals surface area contributed by atoms with Crippen LogP contribution in [0.5, 0.6) is 0 Å². The van der Waals surface area contributed by atoms with Gasteiger partial charge in [-0.25, -0.2) is 4.79 Å². The molecule has 0 spiro atoms. The molecule has 0 aliphatic rings. The average molecular weight is 304 g/mol. The lowest BCUT2D eigenvalue weighted by Crippen LogP contribution is -2.15. The third-order valence-corrected chi connectivity index (χ3v) is 3.34. The summed E-state index contributed by atoms with van der Waals surface area (Å²) in [7, 11) is 0. The summed E-state index contributed by atoms with van der Waals surface area (Å²) < 4.78 is 0. The summed E-state index contributed by atoms with van der Waals surface area (Å²) in [5.41, 5.74) is 2.34. The van der Waals surface area contributed by atoms with Crippen LogP contribution >= 0.6 is 11.6 Å². The highest BCUT2D eigenvalue weighted by atomic mass is 35.5. The maximum atomic E-state index is 12.2. The smallest absolute Gasteiger partial charge is 0.337 e. The number of benzene rings is 2. The maximum Gasteiger partial charge on any atom is 0.337 e. The van der Waals surface area contributed by atoms with E-state index in [2.05, 4.69) is 5.32 Å². The number of aromatic carboxylic acids is 1. The molecule has 108 valence electrons. The van der Waals surface area contributed by atoms with Crippen LogP contribution in [-0.4, -0.2) is 17.0 Å². The second kappa shape index (κ2) is 5.97. The monoisotopic (exact) mass is 303 g/mol. The maximum absolute atomic E-state index is 12.2. The second-order valence-corrected chi connectivity index (χ2v) is 5.20. The summed E-state index contributed by atoms with van der Waals surface area (Å²) >= 11 is 6.04. The number of anilines is 1. The van der Waals surface area contributed by atoms with E-state index in [1.165, 1.54) is 6.07 Å². The van der Waals surface area contributed by atoms with Crippen molar-refractivity contribution >= 4 is 29.2 Å². The van der Waals surface area contributed by atoms with Gasteiger partial charge in [0, 0.05) is 0 Å². The summed E-state index contributed by atoms with van der Waals surface area (Å²) in [5.74, 6) is -1.53. The van der Waals surface area contributed by atoms with E-state index in [4.69, 9.17) is 11.6 Å². The molecule has 0 saturated carbocycles. The molecule has 0 aliphatic carbocycles. The number of amides is 1. The Morgan fingerprint density at radius 3 is 2.24 bits per heavy atom. The van der Waals surface area contributed by atoms with E-state index < -0.39 is 11.9 Å². The van der Waals surface area contributed by atoms with Gasteiger partial charge in [-0.2, -0.15) is 0 Å². The predicted octanol–water partition coefficient (Wildman–Crippen LogP) is 3.91. The number of rotatable bonds is 3. The number of carbonyl (C=O) groups is 2. The van der Waals surface area contributed by atoms with Crippen molar-refractivity contribution in [3.05, 3.63) is 63.7 Å². The first kappa shape index (κ1) is 15.1. The average Bonchev–Trinajstić information content (AvgIpc) is 2.40. The van der Waals surface area contributed by atoms with Crippen molar-refractivity contribution in [1.82, 2.24) is 0 Å². The van der Waals surface area contributed by atoms with Gasteiger partial charge in [0.1, 0.15) is 0 Å². The van der Waals surface area contributed by atoms with Gasteiger partial charge in [0.15, 0.2) is 0 Å². The van der Waals surface area contributed by atoms with Crippen molar-refractivity contribution < 1.29 is 14.7 Å². The number of nitrogens with one attached hydrogen (secondary N) is 1. The first-order valence-electron chi connectivity index (χ1n) is 6.30. The molecule has 0 heterocycles. The Morgan fingerprint density at radius 2 is 1.62 bits per heavy atom. The lowest BCUT2D eigenvalue weighted by atomic mass is 10.1. The summed E-state index contributed by atoms with van der Waals surface area (Å²) in [6.07, 6.45) is 0. The quantitative estimate of drug-likeness (QED) is 0.903. The molecule has 2 rings (SSSR count). The van der Waals surface area contributed by atoms with Gasteiger partial charge >= 0.3 is 5.97 Å². The summed E-state index contributed by atoms with van der Waals surface area (Å²) in [6.45, 7) is 3.66. The molecule has 0 radical (unpaired) electrons. The van der Waals surface area contributed by atoms with Gasteiger partial charge in [-0.1, -0.05) is 29.3 Å². The van der Waals surface area contributed by atoms with Gasteiger partial charge in [-0.3, -0.25) is 4.79 Å². The molecule has 5 heteroatoms. The zero-order valence-corrected chi connectivity index (χ0v) is 12.4. The third kappa shape index (κ3) is 3.41. The Balaban J connectivity index is 2.34. The van der Waals surface area contributed by atoms with Gasteiger partial charge < -0.3 is 10.4 Å². The van der Waals surface area contributed by atoms with E-state index >= 15 is 0 Å². The molecule has 0 saturated heterocycles. The van der Waals surface area contributed by atoms with Gasteiger partial charge in [-0.15, -0.1) is 0 Å². The first-order chi connectivity index (χ1) is 9.88. The Bertz CT molecular complexity index is 725. The highest BCUT2D eigenvalue weighted by molar-refractivity contribution is 6.34. The van der Waals surface area contributed by atoms with Crippen molar-refractivity contribution in [2.45, 2.75) is 13.8 Å². The minimum atomic E-state index is -1.09. The normalized spacial score (nSPS) is 10.2. The van der Waals surface area contributed by atoms with Crippen molar-refractivity contribution in [3.8, 4) is 0 Å². The minimum absolute atomic E-state index is 0.0478. The molecule has 0 fully saturated rings. The van der Waals surface area contributed by atoms with Crippen molar-refractivity contribution in [3.63, 3.8) is 0 Å². The first-order valence-corrected chi connectivity index (χ1v) is 6.67. The van der Waals surface area contributed by atoms with Crippen molar-refractivity contribution in [2.75, 3.05) is 5.32 Å². The van der Waals surface area contributed by atoms with Gasteiger partial charge in [-0.05, 0) is 43.7 Å². The van der Waals surface area contributed by atoms with Gasteiger partial charge in [0.2, 0.25) is 0 Å². The molecule has 4 nitrogen and oxygen atoms in total. The fraction of sp³-hybridized carbons (Fsp3) is 0.125. The molecule has 2 N–H and O–H groups in total. The summed E-state index contributed by atoms with van der Waals surface area (Å²) in [6, 6.07) is 9.88. The second-order valence-electron chi connectivity index (χ2n) is 4.79. The van der Waals surface area contributed by atoms with E-state index in [0.717, 1.165) is 11.1 Å². The zero-order valence-electron chi connectivity index (χ0n) is 11.6. The van der Waals surface area contributed by atoms with Crippen molar-refractivity contribution in [2.24, 2.45) is 0 Å². The molecule has 0 aliphatic heterocycles. The van der Waals surface area contributed by atoms with E-state index in [9.17, 15) is 14.7 Å². The van der Waals surface area contributed by atoms with Crippen LogP contribution in [0.2, 0.25) is 5.02 Å². The fourth-order valence-electron chi connectivity index (χ4n) is 1.94. The number of hydrogen-bond acceptors (Lipinski definition) is 2. The van der Waals surface area contributed by atoms with Crippen molar-refractivity contribution in [1.29, 1.82) is 0 Å². The van der Waals surface area contributed by atoms with Crippen LogP contribution in [0.1, 0.15) is 31.8 Å². The molecule has 1 amide bonds. The van der Waals surface area contributed by atoms with Crippen LogP contribution in [-0.2, 0) is 0 Å². The van der Waals surface area contributed by atoms with Crippen LogP contribution < -0.4 is 5.32 Å². The molecule has 0 bridgehead atoms. The van der Waals surface area contributed by atoms with Crippen LogP contribution in [0, 0.1) is 13.8 Å². The van der Waals surface area contributed by atoms with Gasteiger partial charge in [0.05, 0.1) is 21.8 Å². The highest BCUT2D eigenvalue weighted by Crippen LogP contribution is 2.22. The predicted molar refractivity (Wildman–Crippen MR) is 82.3 cm³/mol. The van der Waals surface area contributed by atoms with Crippen LogP contribution in [0.15, 0.2) is 36.4 Å². The highest BCUT2D eigenvalue weighted by Gasteiger charge is 2.15. The molecule has 21 heavy (non-hydrogen) atoms. The summed E-state index contributed by atoms with van der Waals surface area (Å²) in [4.78, 5) is 23.4. The SMILES string of the molecule is Cc1ccc(C(=O)Nc2ccc(C)cc2C(=O)O)c(Cl)c1. The number of hydrogen-bond donors (Lipinski definition) is 2. The van der Waals surface area contributed by atoms with Crippen LogP contribution in [0.3, 0.4) is 0 Å². The largest absolute Gasteiger partial charge is 0.478 e. The van der Waals surface area contributed by atoms with Crippen LogP contribution in [0.25, 0.3) is 0 Å². The lowest BCUT2D eigenvalue weighted by Gasteiger charge is -2.10. The fourth-order valence-corrected chi connectivity index (χ4v) is 2.26. The summed E-state index contributed by atoms with van der Waals surface area (Å²) in [5, 5.41) is 12.1. The number of aryl methyl sites for hydroxylation is 2. The third-order valence-electron chi connectivity index (χ3n) is 3.02. The number of carbonyl (C=O) groups excluding carboxylic acids is 1. The molecular formula is C16H14ClNO3. The molecular weight excluding hydrogens is 290 g/mol. The number of carboxylic acid groups (broad SMARTS) is 1. The minimum Gasteiger partial charge on any atom is -0.478 e. The Morgan fingerprint density at radius 1 is 1.00 bits per heavy atom. The van der Waals surface area contributed by atoms with Crippen LogP contribution in [0.4, 0.5) is 5.69 Å². The van der Waals surface area contributed by atoms with E-state index in [-0.39, 0.29) is 11.3 Å². The Kier molecular flexibility index (Phi) is 4.29. The molecule has 0 atom stereocenters. The van der Waals surface area contributed by atoms with E-state index in [1.807, 2.05) is 6.92 Å². The number of halogens is 1. The molecule has 0 aromatic heterocycles. The topological polar surface area (TPSA) is 66.4 Å². The molecule has 2 aromatic rings. The lowest BCUT2D eigenvalue weighted by molar-refractivity contribution is 0.0698. The molecule has 0 unspecified atom stereocenters. The Hall–Kier alpha value is -2.33. The van der Waals surface area contributed by atoms with Gasteiger partial charge in [0.25, 0.3) is 5.91 Å². The van der Waals surface area contributed by atoms with E-state index in [1.54, 1.807) is 37.3 Å².